The van der Waals surface area contributed by atoms with Gasteiger partial charge in [-0.15, -0.1) is 0 Å². The van der Waals surface area contributed by atoms with Gasteiger partial charge >= 0.3 is 0 Å². The quantitative estimate of drug-likeness (QED) is 0.496. The monoisotopic (exact) mass is 143 g/mol. The van der Waals surface area contributed by atoms with Crippen LogP contribution in [0.25, 0.3) is 0 Å². The Morgan fingerprint density at radius 1 is 1.50 bits per heavy atom. The normalized spacial score (nSPS) is 54.3. The van der Waals surface area contributed by atoms with Crippen LogP contribution in [0.15, 0.2) is 0 Å². The maximum Gasteiger partial charge on any atom is 0.129 e. The zero-order valence-electron chi connectivity index (χ0n) is 6.65. The molecule has 0 aromatic rings. The second kappa shape index (κ2) is 1.55. The van der Waals surface area contributed by atoms with Gasteiger partial charge in [-0.25, -0.2) is 4.39 Å². The molecule has 2 heteroatoms. The molecule has 2 aliphatic rings. The summed E-state index contributed by atoms with van der Waals surface area (Å²) in [5.41, 5.74) is -0.764. The van der Waals surface area contributed by atoms with Gasteiger partial charge in [-0.3, -0.25) is 0 Å². The van der Waals surface area contributed by atoms with Gasteiger partial charge in [0.25, 0.3) is 0 Å². The predicted molar refractivity (Wildman–Crippen MR) is 38.7 cm³/mol. The Morgan fingerprint density at radius 2 is 2.20 bits per heavy atom. The fourth-order valence-corrected chi connectivity index (χ4v) is 2.08. The largest absolute Gasteiger partial charge is 0.303 e. The fourth-order valence-electron chi connectivity index (χ4n) is 2.08. The number of hydrogen-bond donors (Lipinski definition) is 0. The first kappa shape index (κ1) is 6.59. The lowest BCUT2D eigenvalue weighted by Crippen LogP contribution is -2.38. The zero-order valence-corrected chi connectivity index (χ0v) is 6.65. The molecule has 1 saturated carbocycles. The number of fused-ring (bicyclic) bond motifs is 1. The summed E-state index contributed by atoms with van der Waals surface area (Å²) in [7, 11) is 2.00. The van der Waals surface area contributed by atoms with Crippen LogP contribution in [0.1, 0.15) is 19.8 Å². The van der Waals surface area contributed by atoms with E-state index in [1.165, 1.54) is 0 Å². The molecule has 2 atom stereocenters. The number of nitrogens with zero attached hydrogens (tertiary/aromatic N) is 1. The Morgan fingerprint density at radius 3 is 2.70 bits per heavy atom. The van der Waals surface area contributed by atoms with Gasteiger partial charge in [0, 0.05) is 12.0 Å². The zero-order chi connectivity index (χ0) is 7.41. The highest BCUT2D eigenvalue weighted by Crippen LogP contribution is 2.63. The van der Waals surface area contributed by atoms with E-state index in [0.717, 1.165) is 19.4 Å². The first-order chi connectivity index (χ1) is 4.56. The van der Waals surface area contributed by atoms with E-state index in [9.17, 15) is 4.39 Å². The Kier molecular flexibility index (Phi) is 1.02. The van der Waals surface area contributed by atoms with Crippen molar-refractivity contribution in [2.45, 2.75) is 25.4 Å². The summed E-state index contributed by atoms with van der Waals surface area (Å²) >= 11 is 0. The minimum Gasteiger partial charge on any atom is -0.303 e. The highest BCUT2D eigenvalue weighted by molar-refractivity contribution is 5.17. The number of halogens is 1. The van der Waals surface area contributed by atoms with Gasteiger partial charge in [-0.1, -0.05) is 6.92 Å². The molecular weight excluding hydrogens is 129 g/mol. The topological polar surface area (TPSA) is 3.24 Å². The summed E-state index contributed by atoms with van der Waals surface area (Å²) in [4.78, 5) is 2.09. The van der Waals surface area contributed by atoms with E-state index in [-0.39, 0.29) is 5.41 Å². The van der Waals surface area contributed by atoms with Gasteiger partial charge in [0.2, 0.25) is 0 Å². The molecule has 2 unspecified atom stereocenters. The molecule has 0 bridgehead atoms. The molecule has 0 N–H and O–H groups in total. The van der Waals surface area contributed by atoms with E-state index >= 15 is 0 Å². The van der Waals surface area contributed by atoms with Crippen molar-refractivity contribution in [1.82, 2.24) is 4.90 Å². The van der Waals surface area contributed by atoms with Crippen LogP contribution < -0.4 is 0 Å². The minimum atomic E-state index is -0.819. The number of piperidine rings is 1. The fraction of sp³-hybridized carbons (Fsp3) is 1.00. The van der Waals surface area contributed by atoms with Crippen LogP contribution in [-0.4, -0.2) is 30.7 Å². The molecule has 1 heterocycles. The van der Waals surface area contributed by atoms with Crippen LogP contribution in [0, 0.1) is 5.41 Å². The van der Waals surface area contributed by atoms with E-state index in [4.69, 9.17) is 0 Å². The number of rotatable bonds is 0. The average molecular weight is 143 g/mol. The maximum absolute atomic E-state index is 13.5. The van der Waals surface area contributed by atoms with Gasteiger partial charge in [0.1, 0.15) is 5.67 Å². The Balaban J connectivity index is 2.12. The summed E-state index contributed by atoms with van der Waals surface area (Å²) in [5, 5.41) is 0. The molecule has 0 spiro atoms. The smallest absolute Gasteiger partial charge is 0.129 e. The van der Waals surface area contributed by atoms with E-state index in [1.54, 1.807) is 0 Å². The SMILES string of the molecule is CN1CCC2(C)CC2(F)C1. The molecule has 0 radical (unpaired) electrons. The summed E-state index contributed by atoms with van der Waals surface area (Å²) in [6.45, 7) is 3.80. The number of alkyl halides is 1. The summed E-state index contributed by atoms with van der Waals surface area (Å²) in [5.74, 6) is 0. The third-order valence-electron chi connectivity index (χ3n) is 3.19. The summed E-state index contributed by atoms with van der Waals surface area (Å²) < 4.78 is 13.5. The first-order valence-electron chi connectivity index (χ1n) is 3.93. The number of likely N-dealkylation sites (tertiary alicyclic amines) is 1. The number of hydrogen-bond acceptors (Lipinski definition) is 1. The molecule has 0 amide bonds. The highest BCUT2D eigenvalue weighted by atomic mass is 19.1. The molecule has 0 aromatic carbocycles. The van der Waals surface area contributed by atoms with Crippen molar-refractivity contribution in [3.05, 3.63) is 0 Å². The Hall–Kier alpha value is -0.110. The lowest BCUT2D eigenvalue weighted by atomic mass is 9.97. The lowest BCUT2D eigenvalue weighted by molar-refractivity contribution is 0.109. The summed E-state index contributed by atoms with van der Waals surface area (Å²) in [6.07, 6.45) is 1.84. The van der Waals surface area contributed by atoms with Gasteiger partial charge in [0.15, 0.2) is 0 Å². The van der Waals surface area contributed by atoms with Crippen LogP contribution in [0.2, 0.25) is 0 Å². The van der Waals surface area contributed by atoms with Crippen LogP contribution in [0.5, 0.6) is 0 Å². The average Bonchev–Trinajstić information content (AvgIpc) is 2.33. The second-order valence-corrected chi connectivity index (χ2v) is 4.19. The third kappa shape index (κ3) is 0.656. The molecule has 1 saturated heterocycles. The van der Waals surface area contributed by atoms with E-state index in [0.29, 0.717) is 6.54 Å². The van der Waals surface area contributed by atoms with Crippen LogP contribution in [-0.2, 0) is 0 Å². The van der Waals surface area contributed by atoms with E-state index < -0.39 is 5.67 Å². The van der Waals surface area contributed by atoms with Gasteiger partial charge < -0.3 is 4.90 Å². The van der Waals surface area contributed by atoms with E-state index in [2.05, 4.69) is 11.8 Å². The third-order valence-corrected chi connectivity index (χ3v) is 3.19. The van der Waals surface area contributed by atoms with Crippen molar-refractivity contribution < 1.29 is 4.39 Å². The minimum absolute atomic E-state index is 0.0551. The molecule has 0 aromatic heterocycles. The van der Waals surface area contributed by atoms with Crippen molar-refractivity contribution in [3.63, 3.8) is 0 Å². The Labute approximate surface area is 61.2 Å². The summed E-state index contributed by atoms with van der Waals surface area (Å²) in [6, 6.07) is 0. The molecule has 2 rings (SSSR count). The van der Waals surface area contributed by atoms with Crippen molar-refractivity contribution >= 4 is 0 Å². The predicted octanol–water partition coefficient (Wildman–Crippen LogP) is 1.44. The molecule has 2 fully saturated rings. The van der Waals surface area contributed by atoms with Gasteiger partial charge in [-0.05, 0) is 26.4 Å². The molecular formula is C8H14FN. The van der Waals surface area contributed by atoms with Crippen molar-refractivity contribution in [2.75, 3.05) is 20.1 Å². The van der Waals surface area contributed by atoms with E-state index in [1.807, 2.05) is 7.05 Å². The maximum atomic E-state index is 13.5. The highest BCUT2D eigenvalue weighted by Gasteiger charge is 2.67. The first-order valence-corrected chi connectivity index (χ1v) is 3.93. The molecule has 58 valence electrons. The van der Waals surface area contributed by atoms with Crippen LogP contribution in [0.4, 0.5) is 4.39 Å². The molecule has 1 nitrogen and oxygen atoms in total. The van der Waals surface area contributed by atoms with Gasteiger partial charge in [0.05, 0.1) is 0 Å². The van der Waals surface area contributed by atoms with Crippen molar-refractivity contribution in [1.29, 1.82) is 0 Å². The van der Waals surface area contributed by atoms with Crippen LogP contribution >= 0.6 is 0 Å². The Bertz CT molecular complexity index is 171. The molecule has 10 heavy (non-hydrogen) atoms. The second-order valence-electron chi connectivity index (χ2n) is 4.19. The van der Waals surface area contributed by atoms with Gasteiger partial charge in [-0.2, -0.15) is 0 Å². The van der Waals surface area contributed by atoms with Crippen molar-refractivity contribution in [2.24, 2.45) is 5.41 Å². The molecule has 1 aliphatic heterocycles. The lowest BCUT2D eigenvalue weighted by Gasteiger charge is -2.29. The van der Waals surface area contributed by atoms with Crippen LogP contribution in [0.3, 0.4) is 0 Å². The molecule has 1 aliphatic carbocycles. The van der Waals surface area contributed by atoms with Crippen molar-refractivity contribution in [3.8, 4) is 0 Å². The standard InChI is InChI=1S/C8H14FN/c1-7-3-4-10(2)6-8(7,9)5-7/h3-6H2,1-2H3.